The molecule has 7 rings (SSSR count). The van der Waals surface area contributed by atoms with Gasteiger partial charge in [-0.2, -0.15) is 0 Å². The van der Waals surface area contributed by atoms with Crippen LogP contribution in [0.3, 0.4) is 0 Å². The number of hydrogen-bond acceptors (Lipinski definition) is 3. The fraction of sp³-hybridized carbons (Fsp3) is 0.192. The topological polar surface area (TPSA) is 66.5 Å². The molecule has 9 heteroatoms. The predicted octanol–water partition coefficient (Wildman–Crippen LogP) is 5.53. The van der Waals surface area contributed by atoms with Crippen molar-refractivity contribution in [2.45, 2.75) is 9.75 Å². The summed E-state index contributed by atoms with van der Waals surface area (Å²) < 4.78 is 0. The van der Waals surface area contributed by atoms with Crippen LogP contribution in [-0.2, 0) is 24.1 Å². The second-order valence-corrected chi connectivity index (χ2v) is 10.9. The Morgan fingerprint density at radius 2 is 1.26 bits per heavy atom. The number of hydrogen-bond donors (Lipinski definition) is 1. The van der Waals surface area contributed by atoms with Gasteiger partial charge in [-0.05, 0) is 40.5 Å². The summed E-state index contributed by atoms with van der Waals surface area (Å²) >= 11 is 26.9. The Bertz CT molecular complexity index is 1330. The molecule has 1 N–H and O–H groups in total. The summed E-state index contributed by atoms with van der Waals surface area (Å²) in [5.41, 5.74) is 3.09. The summed E-state index contributed by atoms with van der Waals surface area (Å²) in [6.45, 7) is -0.500. The third-order valence-corrected chi connectivity index (χ3v) is 9.03. The number of carbonyl (C=O) groups is 3. The highest BCUT2D eigenvalue weighted by Gasteiger charge is 2.73. The van der Waals surface area contributed by atoms with E-state index in [0.717, 1.165) is 4.90 Å². The number of anilines is 1. The van der Waals surface area contributed by atoms with E-state index in [2.05, 4.69) is 5.32 Å². The molecular formula is C26H16Cl4N2O3. The molecule has 0 aromatic heterocycles. The molecule has 4 aliphatic rings. The van der Waals surface area contributed by atoms with Crippen molar-refractivity contribution in [2.75, 3.05) is 11.9 Å². The van der Waals surface area contributed by atoms with Crippen LogP contribution in [-0.4, -0.2) is 29.2 Å². The molecule has 1 saturated heterocycles. The Kier molecular flexibility index (Phi) is 5.04. The van der Waals surface area contributed by atoms with E-state index in [1.807, 2.05) is 48.5 Å². The molecule has 176 valence electrons. The van der Waals surface area contributed by atoms with Gasteiger partial charge in [0.1, 0.15) is 16.3 Å². The average Bonchev–Trinajstić information content (AvgIpc) is 3.10. The average molecular weight is 546 g/mol. The van der Waals surface area contributed by atoms with E-state index in [4.69, 9.17) is 46.4 Å². The van der Waals surface area contributed by atoms with Gasteiger partial charge >= 0.3 is 0 Å². The molecule has 1 heterocycles. The molecule has 35 heavy (non-hydrogen) atoms. The second kappa shape index (κ2) is 7.71. The zero-order chi connectivity index (χ0) is 24.7. The zero-order valence-electron chi connectivity index (χ0n) is 17.9. The molecule has 3 aromatic carbocycles. The molecule has 3 aliphatic carbocycles. The van der Waals surface area contributed by atoms with E-state index in [1.54, 1.807) is 12.1 Å². The number of likely N-dealkylation sites (tertiary alicyclic amines) is 1. The first-order valence-corrected chi connectivity index (χ1v) is 12.4. The lowest BCUT2D eigenvalue weighted by Crippen LogP contribution is -2.57. The van der Waals surface area contributed by atoms with E-state index in [9.17, 15) is 14.4 Å². The molecule has 1 fully saturated rings. The van der Waals surface area contributed by atoms with Gasteiger partial charge in [-0.15, -0.1) is 23.2 Å². The van der Waals surface area contributed by atoms with Gasteiger partial charge in [0, 0.05) is 5.02 Å². The van der Waals surface area contributed by atoms with Crippen molar-refractivity contribution in [1.82, 2.24) is 4.90 Å². The Hall–Kier alpha value is -2.57. The van der Waals surface area contributed by atoms with Crippen molar-refractivity contribution >= 4 is 69.8 Å². The van der Waals surface area contributed by atoms with E-state index in [0.29, 0.717) is 27.3 Å². The summed E-state index contributed by atoms with van der Waals surface area (Å²) in [6, 6.07) is 19.4. The first kappa shape index (κ1) is 22.9. The third-order valence-electron chi connectivity index (χ3n) is 7.18. The second-order valence-electron chi connectivity index (χ2n) is 8.91. The van der Waals surface area contributed by atoms with Crippen LogP contribution in [0.25, 0.3) is 0 Å². The van der Waals surface area contributed by atoms with Crippen molar-refractivity contribution in [3.63, 3.8) is 0 Å². The number of carbonyl (C=O) groups excluding carboxylic acids is 3. The standard InChI is InChI=1S/C26H16Cl4N2O3/c27-13-9-10-18(28)19(11-13)31-20(33)12-32-23(34)21-22(24(32)35)26(30)15-6-2-1-5-14(15)25(21,29)16-7-3-4-8-17(16)26/h1-11,21-22H,12H2,(H,31,33)/t21-,22-,25?,26?/m1/s1. The van der Waals surface area contributed by atoms with Gasteiger partial charge < -0.3 is 5.32 Å². The Morgan fingerprint density at radius 1 is 0.800 bits per heavy atom. The van der Waals surface area contributed by atoms with Crippen molar-refractivity contribution in [1.29, 1.82) is 0 Å². The summed E-state index contributed by atoms with van der Waals surface area (Å²) in [5.74, 6) is -3.57. The van der Waals surface area contributed by atoms with E-state index in [1.165, 1.54) is 6.07 Å². The number of nitrogens with zero attached hydrogens (tertiary/aromatic N) is 1. The van der Waals surface area contributed by atoms with Crippen LogP contribution in [0.15, 0.2) is 66.7 Å². The minimum atomic E-state index is -1.29. The quantitative estimate of drug-likeness (QED) is 0.348. The number of imide groups is 1. The van der Waals surface area contributed by atoms with Crippen LogP contribution in [0.1, 0.15) is 22.3 Å². The number of nitrogens with one attached hydrogen (secondary N) is 1. The number of alkyl halides is 2. The van der Waals surface area contributed by atoms with Gasteiger partial charge in [-0.3, -0.25) is 19.3 Å². The molecule has 2 atom stereocenters. The minimum absolute atomic E-state index is 0.277. The zero-order valence-corrected chi connectivity index (χ0v) is 20.9. The molecule has 0 unspecified atom stereocenters. The molecule has 1 aliphatic heterocycles. The summed E-state index contributed by atoms with van der Waals surface area (Å²) in [4.78, 5) is 38.8. The smallest absolute Gasteiger partial charge is 0.244 e. The number of rotatable bonds is 3. The van der Waals surface area contributed by atoms with Crippen LogP contribution in [0.2, 0.25) is 10.0 Å². The Labute approximate surface area is 220 Å². The maximum absolute atomic E-state index is 13.8. The summed E-state index contributed by atoms with van der Waals surface area (Å²) in [6.07, 6.45) is 0. The van der Waals surface area contributed by atoms with Crippen LogP contribution in [0, 0.1) is 11.8 Å². The fourth-order valence-electron chi connectivity index (χ4n) is 5.81. The Balaban J connectivity index is 1.42. The van der Waals surface area contributed by atoms with Crippen molar-refractivity contribution in [2.24, 2.45) is 11.8 Å². The monoisotopic (exact) mass is 544 g/mol. The summed E-state index contributed by atoms with van der Waals surface area (Å²) in [7, 11) is 0. The number of amides is 3. The normalized spacial score (nSPS) is 27.9. The highest BCUT2D eigenvalue weighted by Crippen LogP contribution is 2.69. The van der Waals surface area contributed by atoms with Crippen LogP contribution in [0.5, 0.6) is 0 Å². The largest absolute Gasteiger partial charge is 0.323 e. The van der Waals surface area contributed by atoms with Crippen molar-refractivity contribution in [3.05, 3.63) is 99.0 Å². The molecule has 0 spiro atoms. The third kappa shape index (κ3) is 2.93. The fourth-order valence-corrected chi connectivity index (χ4v) is 7.24. The number of benzene rings is 3. The first-order valence-electron chi connectivity index (χ1n) is 10.9. The number of halogens is 4. The van der Waals surface area contributed by atoms with Gasteiger partial charge in [0.05, 0.1) is 22.5 Å². The lowest BCUT2D eigenvalue weighted by Gasteiger charge is -2.54. The maximum Gasteiger partial charge on any atom is 0.244 e. The van der Waals surface area contributed by atoms with Gasteiger partial charge in [-0.1, -0.05) is 71.7 Å². The first-order chi connectivity index (χ1) is 16.7. The molecule has 2 bridgehead atoms. The van der Waals surface area contributed by atoms with Crippen LogP contribution >= 0.6 is 46.4 Å². The highest BCUT2D eigenvalue weighted by molar-refractivity contribution is 6.37. The van der Waals surface area contributed by atoms with Gasteiger partial charge in [0.15, 0.2) is 0 Å². The van der Waals surface area contributed by atoms with E-state index >= 15 is 0 Å². The van der Waals surface area contributed by atoms with Gasteiger partial charge in [-0.25, -0.2) is 0 Å². The molecule has 3 amide bonds. The Morgan fingerprint density at radius 3 is 1.71 bits per heavy atom. The lowest BCUT2D eigenvalue weighted by molar-refractivity contribution is -0.142. The van der Waals surface area contributed by atoms with E-state index in [-0.39, 0.29) is 10.7 Å². The molecular weight excluding hydrogens is 530 g/mol. The molecule has 5 nitrogen and oxygen atoms in total. The lowest BCUT2D eigenvalue weighted by atomic mass is 9.54. The SMILES string of the molecule is O=C(CN1C(=O)[C@H]2[C@H](C1=O)C1(Cl)c3ccccc3C2(Cl)c2ccccc21)Nc1cc(Cl)ccc1Cl. The molecule has 3 aromatic rings. The minimum Gasteiger partial charge on any atom is -0.323 e. The predicted molar refractivity (Wildman–Crippen MR) is 135 cm³/mol. The van der Waals surface area contributed by atoms with Gasteiger partial charge in [0.2, 0.25) is 17.7 Å². The van der Waals surface area contributed by atoms with Crippen LogP contribution in [0.4, 0.5) is 5.69 Å². The highest BCUT2D eigenvalue weighted by atomic mass is 35.5. The van der Waals surface area contributed by atoms with Crippen molar-refractivity contribution < 1.29 is 14.4 Å². The van der Waals surface area contributed by atoms with E-state index < -0.39 is 45.9 Å². The molecule has 0 radical (unpaired) electrons. The van der Waals surface area contributed by atoms with Crippen LogP contribution < -0.4 is 5.32 Å². The molecule has 0 saturated carbocycles. The summed E-state index contributed by atoms with van der Waals surface area (Å²) in [5, 5.41) is 3.28. The van der Waals surface area contributed by atoms with Gasteiger partial charge in [0.25, 0.3) is 0 Å². The maximum atomic E-state index is 13.8. The van der Waals surface area contributed by atoms with Crippen molar-refractivity contribution in [3.8, 4) is 0 Å².